The lowest BCUT2D eigenvalue weighted by Gasteiger charge is -2.23. The van der Waals surface area contributed by atoms with E-state index < -0.39 is 8.25 Å². The van der Waals surface area contributed by atoms with Crippen molar-refractivity contribution >= 4 is 26.0 Å². The topological polar surface area (TPSA) is 150 Å². The molecule has 0 spiro atoms. The summed E-state index contributed by atoms with van der Waals surface area (Å²) in [5, 5.41) is 8.42. The predicted octanol–water partition coefficient (Wildman–Crippen LogP) is -2.57. The first-order chi connectivity index (χ1) is 19.2. The first-order valence-electron chi connectivity index (χ1n) is 14.3. The lowest BCUT2D eigenvalue weighted by Crippen LogP contribution is -3.00. The van der Waals surface area contributed by atoms with E-state index in [1.165, 1.54) is 0 Å². The summed E-state index contributed by atoms with van der Waals surface area (Å²) in [6.07, 6.45) is 3.01. The number of halogens is 1. The van der Waals surface area contributed by atoms with Crippen molar-refractivity contribution in [2.75, 3.05) is 103 Å². The number of nitrogens with one attached hydrogen (secondary N) is 3. The fourth-order valence-electron chi connectivity index (χ4n) is 2.72. The summed E-state index contributed by atoms with van der Waals surface area (Å²) in [6.45, 7) is 21.3. The molecule has 0 aliphatic rings. The van der Waals surface area contributed by atoms with Crippen LogP contribution in [0.5, 0.6) is 0 Å². The minimum absolute atomic E-state index is 0. The maximum absolute atomic E-state index is 11.1. The van der Waals surface area contributed by atoms with Crippen molar-refractivity contribution in [1.82, 2.24) is 16.0 Å². The smallest absolute Gasteiger partial charge is 0.246 e. The zero-order valence-corrected chi connectivity index (χ0v) is 31.4. The minimum atomic E-state index is -3.63. The average molecular weight is 671 g/mol. The van der Waals surface area contributed by atoms with Crippen molar-refractivity contribution in [2.45, 2.75) is 40.0 Å². The molecule has 0 aliphatic carbocycles. The highest BCUT2D eigenvalue weighted by Gasteiger charge is 2.08. The van der Waals surface area contributed by atoms with Crippen LogP contribution >= 0.6 is 8.25 Å². The van der Waals surface area contributed by atoms with Crippen molar-refractivity contribution in [3.05, 3.63) is 36.5 Å². The molecule has 0 aliphatic heterocycles. The summed E-state index contributed by atoms with van der Waals surface area (Å²) < 4.78 is 11.3. The van der Waals surface area contributed by atoms with Gasteiger partial charge >= 0.3 is 0 Å². The molecule has 0 unspecified atom stereocenters. The molecular formula is C30H64ClN6O6P. The number of hydrogen-bond donors (Lipinski definition) is 3. The first-order valence-corrected chi connectivity index (χ1v) is 15.5. The van der Waals surface area contributed by atoms with Crippen LogP contribution in [-0.2, 0) is 18.9 Å². The fraction of sp³-hybridized carbons (Fsp3) is 0.700. The molecule has 0 aromatic heterocycles. The van der Waals surface area contributed by atoms with Gasteiger partial charge in [0.1, 0.15) is 0 Å². The van der Waals surface area contributed by atoms with Crippen molar-refractivity contribution in [3.8, 4) is 0 Å². The van der Waals surface area contributed by atoms with Crippen molar-refractivity contribution in [3.63, 3.8) is 0 Å². The Balaban J connectivity index is -0.000000161. The molecule has 262 valence electrons. The molecule has 0 aromatic rings. The highest BCUT2D eigenvalue weighted by molar-refractivity contribution is 7.27. The van der Waals surface area contributed by atoms with E-state index in [9.17, 15) is 14.4 Å². The molecule has 14 heteroatoms. The van der Waals surface area contributed by atoms with Crippen molar-refractivity contribution in [1.29, 1.82) is 0 Å². The van der Waals surface area contributed by atoms with Gasteiger partial charge in [0, 0.05) is 55.6 Å². The van der Waals surface area contributed by atoms with Crippen LogP contribution in [-0.4, -0.2) is 134 Å². The Morgan fingerprint density at radius 1 is 0.545 bits per heavy atom. The highest BCUT2D eigenvalue weighted by atomic mass is 35.5. The average Bonchev–Trinajstić information content (AvgIpc) is 2.80. The van der Waals surface area contributed by atoms with Crippen LogP contribution in [0.1, 0.15) is 40.0 Å². The molecule has 3 N–H and O–H groups in total. The fourth-order valence-corrected chi connectivity index (χ4v) is 2.72. The summed E-state index contributed by atoms with van der Waals surface area (Å²) in [5.74, 6) is -0.121. The standard InChI is InChI=1S/3C10H20N2O.ClH.H3O3P/c3*1-9(2)10(13)11-7-6-8-12(3,4)5;;1-4(2)3/h3*1,6-8H2,2-5H3;1H;4H,(H2,1,2,3). The lowest BCUT2D eigenvalue weighted by atomic mass is 10.3. The normalized spacial score (nSPS) is 10.6. The molecule has 44 heavy (non-hydrogen) atoms. The van der Waals surface area contributed by atoms with Crippen LogP contribution in [0.2, 0.25) is 0 Å². The predicted molar refractivity (Wildman–Crippen MR) is 175 cm³/mol. The Labute approximate surface area is 275 Å². The Hall–Kier alpha value is -2.05. The van der Waals surface area contributed by atoms with E-state index in [1.54, 1.807) is 20.8 Å². The monoisotopic (exact) mass is 670 g/mol. The molecule has 0 aromatic carbocycles. The van der Waals surface area contributed by atoms with Gasteiger partial charge in [-0.25, -0.2) is 0 Å². The molecule has 12 nitrogen and oxygen atoms in total. The number of nitrogens with zero attached hydrogens (tertiary/aromatic N) is 3. The third-order valence-electron chi connectivity index (χ3n) is 5.04. The third-order valence-corrected chi connectivity index (χ3v) is 5.04. The number of carbonyl (C=O) groups is 3. The van der Waals surface area contributed by atoms with E-state index in [0.29, 0.717) is 16.7 Å². The molecule has 3 amide bonds. The minimum Gasteiger partial charge on any atom is -1.00 e. The Morgan fingerprint density at radius 2 is 0.705 bits per heavy atom. The second kappa shape index (κ2) is 27.3. The Morgan fingerprint density at radius 3 is 0.818 bits per heavy atom. The van der Waals surface area contributed by atoms with Gasteiger partial charge in [0.15, 0.2) is 0 Å². The summed E-state index contributed by atoms with van der Waals surface area (Å²) in [6, 6.07) is 0. The van der Waals surface area contributed by atoms with E-state index in [2.05, 4.69) is 99.1 Å². The van der Waals surface area contributed by atoms with Gasteiger partial charge < -0.3 is 56.2 Å². The van der Waals surface area contributed by atoms with E-state index in [1.807, 2.05) is 0 Å². The van der Waals surface area contributed by atoms with Crippen LogP contribution in [0.15, 0.2) is 36.5 Å². The SMILES string of the molecule is C=C(C)C(=O)NCCC[N+](C)(C)C.C=C(C)C(=O)NCCC[N+](C)(C)C.C=C(C)C(=O)NCCC[N+](C)(C)C.O=[PH]([O-])[O-].[Cl-]. The zero-order chi connectivity index (χ0) is 35.0. The van der Waals surface area contributed by atoms with Gasteiger partial charge in [-0.2, -0.15) is 0 Å². The molecule has 0 saturated carbocycles. The van der Waals surface area contributed by atoms with E-state index >= 15 is 0 Å². The van der Waals surface area contributed by atoms with Crippen LogP contribution in [0.4, 0.5) is 0 Å². The number of rotatable bonds is 15. The van der Waals surface area contributed by atoms with Crippen LogP contribution in [0.3, 0.4) is 0 Å². The van der Waals surface area contributed by atoms with Crippen molar-refractivity contribution in [2.24, 2.45) is 0 Å². The van der Waals surface area contributed by atoms with E-state index in [0.717, 1.165) is 72.0 Å². The molecular weight excluding hydrogens is 607 g/mol. The van der Waals surface area contributed by atoms with Gasteiger partial charge in [-0.05, 0) is 20.8 Å². The number of quaternary nitrogens is 3. The molecule has 0 atom stereocenters. The second-order valence-electron chi connectivity index (χ2n) is 13.5. The van der Waals surface area contributed by atoms with Crippen molar-refractivity contribution < 1.29 is 54.6 Å². The largest absolute Gasteiger partial charge is 1.00 e. The van der Waals surface area contributed by atoms with Crippen LogP contribution in [0, 0.1) is 0 Å². The van der Waals surface area contributed by atoms with Gasteiger partial charge in [-0.1, -0.05) is 28.0 Å². The summed E-state index contributed by atoms with van der Waals surface area (Å²) in [4.78, 5) is 50.2. The number of hydrogen-bond acceptors (Lipinski definition) is 6. The highest BCUT2D eigenvalue weighted by Crippen LogP contribution is 1.95. The van der Waals surface area contributed by atoms with Gasteiger partial charge in [-0.15, -0.1) is 0 Å². The van der Waals surface area contributed by atoms with Gasteiger partial charge in [0.25, 0.3) is 0 Å². The molecule has 0 radical (unpaired) electrons. The Kier molecular flexibility index (Phi) is 31.9. The number of amides is 3. The summed E-state index contributed by atoms with van der Waals surface area (Å²) >= 11 is 0. The number of carbonyl (C=O) groups excluding carboxylic acids is 3. The van der Waals surface area contributed by atoms with Gasteiger partial charge in [0.2, 0.25) is 17.7 Å². The molecule has 0 saturated heterocycles. The Bertz CT molecular complexity index is 785. The third kappa shape index (κ3) is 52.6. The first kappa shape index (κ1) is 51.5. The summed E-state index contributed by atoms with van der Waals surface area (Å²) in [5.41, 5.74) is 1.72. The maximum atomic E-state index is 11.1. The maximum Gasteiger partial charge on any atom is 0.246 e. The van der Waals surface area contributed by atoms with Crippen LogP contribution < -0.4 is 38.1 Å². The zero-order valence-electron chi connectivity index (χ0n) is 29.7. The molecule has 0 bridgehead atoms. The van der Waals surface area contributed by atoms with Gasteiger partial charge in [0.05, 0.1) is 83.1 Å². The van der Waals surface area contributed by atoms with Crippen LogP contribution in [0.25, 0.3) is 0 Å². The quantitative estimate of drug-likeness (QED) is 0.0755. The summed E-state index contributed by atoms with van der Waals surface area (Å²) in [7, 11) is 15.6. The van der Waals surface area contributed by atoms with Gasteiger partial charge in [-0.3, -0.25) is 14.4 Å². The second-order valence-corrected chi connectivity index (χ2v) is 14.0. The molecule has 0 fully saturated rings. The molecule has 0 heterocycles. The molecule has 0 rings (SSSR count). The van der Waals surface area contributed by atoms with E-state index in [4.69, 9.17) is 14.4 Å². The lowest BCUT2D eigenvalue weighted by molar-refractivity contribution is -0.870. The van der Waals surface area contributed by atoms with E-state index in [-0.39, 0.29) is 30.1 Å².